The largest absolute Gasteiger partial charge is 0.480 e. The third-order valence-electron chi connectivity index (χ3n) is 3.24. The Morgan fingerprint density at radius 2 is 1.32 bits per heavy atom. The maximum absolute atomic E-state index is 10.9. The molecule has 0 spiro atoms. The lowest BCUT2D eigenvalue weighted by Crippen LogP contribution is -2.35. The van der Waals surface area contributed by atoms with Crippen molar-refractivity contribution in [3.05, 3.63) is 0 Å². The van der Waals surface area contributed by atoms with E-state index < -0.39 is 16.4 Å². The highest BCUT2D eigenvalue weighted by Crippen LogP contribution is 2.12. The molecule has 0 heterocycles. The average molecular weight is 341 g/mol. The summed E-state index contributed by atoms with van der Waals surface area (Å²) in [4.78, 5) is 12.7. The summed E-state index contributed by atoms with van der Waals surface area (Å²) in [5, 5.41) is 9.00. The Kier molecular flexibility index (Phi) is 14.9. The van der Waals surface area contributed by atoms with E-state index in [0.717, 1.165) is 12.8 Å². The SMILES string of the molecule is CCCCCCCCCCC(C(=O)O)N(C)C.O=S(=O)(O)O. The molecule has 0 aliphatic heterocycles. The second-order valence-electron chi connectivity index (χ2n) is 5.53. The Bertz CT molecular complexity index is 362. The van der Waals surface area contributed by atoms with Gasteiger partial charge in [0.15, 0.2) is 0 Å². The zero-order valence-corrected chi connectivity index (χ0v) is 14.7. The summed E-state index contributed by atoms with van der Waals surface area (Å²) in [6.07, 6.45) is 10.9. The Labute approximate surface area is 134 Å². The topological polar surface area (TPSA) is 115 Å². The first-order valence-electron chi connectivity index (χ1n) is 7.68. The lowest BCUT2D eigenvalue weighted by Gasteiger charge is -2.19. The van der Waals surface area contributed by atoms with Crippen LogP contribution in [0.3, 0.4) is 0 Å². The van der Waals surface area contributed by atoms with Crippen LogP contribution in [0.5, 0.6) is 0 Å². The van der Waals surface area contributed by atoms with E-state index in [9.17, 15) is 4.79 Å². The molecule has 0 fully saturated rings. The van der Waals surface area contributed by atoms with Gasteiger partial charge in [-0.25, -0.2) is 0 Å². The van der Waals surface area contributed by atoms with Crippen molar-refractivity contribution in [1.82, 2.24) is 4.90 Å². The Hall–Kier alpha value is -0.700. The lowest BCUT2D eigenvalue weighted by atomic mass is 10.0. The zero-order valence-electron chi connectivity index (χ0n) is 13.9. The number of likely N-dealkylation sites (N-methyl/N-ethyl adjacent to an activating group) is 1. The predicted octanol–water partition coefficient (Wildman–Crippen LogP) is 2.88. The van der Waals surface area contributed by atoms with Gasteiger partial charge in [-0.05, 0) is 20.5 Å². The number of hydrogen-bond acceptors (Lipinski definition) is 4. The molecule has 0 rings (SSSR count). The van der Waals surface area contributed by atoms with Crippen molar-refractivity contribution in [2.75, 3.05) is 14.1 Å². The van der Waals surface area contributed by atoms with Gasteiger partial charge < -0.3 is 5.11 Å². The summed E-state index contributed by atoms with van der Waals surface area (Å²) in [7, 11) is -0.993. The summed E-state index contributed by atoms with van der Waals surface area (Å²) in [5.41, 5.74) is 0. The number of unbranched alkanes of at least 4 members (excludes halogenated alkanes) is 7. The molecular formula is C14H31NO6S. The third kappa shape index (κ3) is 21.6. The molecule has 1 atom stereocenters. The highest BCUT2D eigenvalue weighted by Gasteiger charge is 2.18. The van der Waals surface area contributed by atoms with Crippen molar-refractivity contribution < 1.29 is 27.4 Å². The molecule has 0 saturated heterocycles. The quantitative estimate of drug-likeness (QED) is 0.391. The van der Waals surface area contributed by atoms with E-state index in [-0.39, 0.29) is 6.04 Å². The van der Waals surface area contributed by atoms with Gasteiger partial charge in [0.25, 0.3) is 0 Å². The number of carbonyl (C=O) groups is 1. The van der Waals surface area contributed by atoms with Crippen LogP contribution < -0.4 is 0 Å². The van der Waals surface area contributed by atoms with Gasteiger partial charge in [-0.2, -0.15) is 8.42 Å². The molecule has 0 radical (unpaired) electrons. The van der Waals surface area contributed by atoms with E-state index in [4.69, 9.17) is 22.6 Å². The van der Waals surface area contributed by atoms with Gasteiger partial charge in [-0.3, -0.25) is 18.8 Å². The average Bonchev–Trinajstić information content (AvgIpc) is 2.34. The fraction of sp³-hybridized carbons (Fsp3) is 0.929. The number of rotatable bonds is 11. The number of carboxylic acid groups (broad SMARTS) is 1. The van der Waals surface area contributed by atoms with Gasteiger partial charge in [-0.1, -0.05) is 58.3 Å². The van der Waals surface area contributed by atoms with Gasteiger partial charge in [0.05, 0.1) is 0 Å². The van der Waals surface area contributed by atoms with Crippen molar-refractivity contribution in [3.8, 4) is 0 Å². The van der Waals surface area contributed by atoms with Crippen LogP contribution in [0.1, 0.15) is 64.7 Å². The molecule has 134 valence electrons. The number of hydrogen-bond donors (Lipinski definition) is 3. The summed E-state index contributed by atoms with van der Waals surface area (Å²) in [5.74, 6) is -0.696. The molecule has 0 aromatic carbocycles. The highest BCUT2D eigenvalue weighted by atomic mass is 32.3. The minimum Gasteiger partial charge on any atom is -0.480 e. The maximum Gasteiger partial charge on any atom is 0.394 e. The molecule has 0 amide bonds. The Balaban J connectivity index is 0. The first-order valence-corrected chi connectivity index (χ1v) is 9.08. The molecule has 0 bridgehead atoms. The summed E-state index contributed by atoms with van der Waals surface area (Å²) >= 11 is 0. The molecule has 0 aromatic rings. The Morgan fingerprint density at radius 1 is 0.955 bits per heavy atom. The predicted molar refractivity (Wildman–Crippen MR) is 86.5 cm³/mol. The van der Waals surface area contributed by atoms with Crippen molar-refractivity contribution in [2.45, 2.75) is 70.8 Å². The lowest BCUT2D eigenvalue weighted by molar-refractivity contribution is -0.142. The summed E-state index contributed by atoms with van der Waals surface area (Å²) < 4.78 is 31.6. The van der Waals surface area contributed by atoms with Crippen molar-refractivity contribution in [1.29, 1.82) is 0 Å². The Morgan fingerprint density at radius 3 is 1.64 bits per heavy atom. The maximum atomic E-state index is 10.9. The molecule has 8 heteroatoms. The van der Waals surface area contributed by atoms with Crippen LogP contribution in [0.25, 0.3) is 0 Å². The molecule has 22 heavy (non-hydrogen) atoms. The standard InChI is InChI=1S/C14H29NO2.H2O4S/c1-4-5-6-7-8-9-10-11-12-13(14(16)17)15(2)3;1-5(2,3)4/h13H,4-12H2,1-3H3,(H,16,17);(H2,1,2,3,4). The van der Waals surface area contributed by atoms with Crippen LogP contribution in [0.4, 0.5) is 0 Å². The molecule has 1 unspecified atom stereocenters. The van der Waals surface area contributed by atoms with Crippen LogP contribution in [-0.4, -0.2) is 53.6 Å². The molecule has 0 aliphatic rings. The molecule has 3 N–H and O–H groups in total. The van der Waals surface area contributed by atoms with E-state index in [1.807, 2.05) is 14.1 Å². The summed E-state index contributed by atoms with van der Waals surface area (Å²) in [6.45, 7) is 2.23. The third-order valence-corrected chi connectivity index (χ3v) is 3.24. The first kappa shape index (κ1) is 23.6. The van der Waals surface area contributed by atoms with Crippen LogP contribution in [0.2, 0.25) is 0 Å². The van der Waals surface area contributed by atoms with Crippen LogP contribution in [-0.2, 0) is 15.2 Å². The van der Waals surface area contributed by atoms with Gasteiger partial charge in [0.2, 0.25) is 0 Å². The minimum atomic E-state index is -4.67. The first-order chi connectivity index (χ1) is 10.1. The highest BCUT2D eigenvalue weighted by molar-refractivity contribution is 7.79. The van der Waals surface area contributed by atoms with E-state index in [1.54, 1.807) is 4.90 Å². The van der Waals surface area contributed by atoms with Gasteiger partial charge in [0, 0.05) is 0 Å². The van der Waals surface area contributed by atoms with Gasteiger partial charge in [0.1, 0.15) is 6.04 Å². The fourth-order valence-electron chi connectivity index (χ4n) is 2.07. The molecule has 0 aliphatic carbocycles. The number of nitrogens with zero attached hydrogens (tertiary/aromatic N) is 1. The van der Waals surface area contributed by atoms with E-state index in [1.165, 1.54) is 44.9 Å². The zero-order chi connectivity index (χ0) is 17.6. The van der Waals surface area contributed by atoms with Crippen LogP contribution in [0.15, 0.2) is 0 Å². The number of carboxylic acids is 1. The van der Waals surface area contributed by atoms with Crippen molar-refractivity contribution in [2.24, 2.45) is 0 Å². The molecule has 7 nitrogen and oxygen atoms in total. The monoisotopic (exact) mass is 341 g/mol. The number of aliphatic carboxylic acids is 1. The van der Waals surface area contributed by atoms with E-state index in [0.29, 0.717) is 0 Å². The molecular weight excluding hydrogens is 310 g/mol. The van der Waals surface area contributed by atoms with Crippen molar-refractivity contribution in [3.63, 3.8) is 0 Å². The normalized spacial score (nSPS) is 12.6. The smallest absolute Gasteiger partial charge is 0.394 e. The second kappa shape index (κ2) is 13.9. The minimum absolute atomic E-state index is 0.310. The van der Waals surface area contributed by atoms with Gasteiger partial charge in [-0.15, -0.1) is 0 Å². The molecule has 0 saturated carbocycles. The molecule has 0 aromatic heterocycles. The fourth-order valence-corrected chi connectivity index (χ4v) is 2.07. The van der Waals surface area contributed by atoms with Crippen LogP contribution in [0, 0.1) is 0 Å². The van der Waals surface area contributed by atoms with Crippen LogP contribution >= 0.6 is 0 Å². The summed E-state index contributed by atoms with van der Waals surface area (Å²) in [6, 6.07) is -0.310. The second-order valence-corrected chi connectivity index (χ2v) is 6.42. The van der Waals surface area contributed by atoms with Crippen molar-refractivity contribution >= 4 is 16.4 Å². The van der Waals surface area contributed by atoms with E-state index >= 15 is 0 Å². The van der Waals surface area contributed by atoms with Gasteiger partial charge >= 0.3 is 16.4 Å². The van der Waals surface area contributed by atoms with E-state index in [2.05, 4.69) is 6.92 Å².